The fraction of sp³-hybridized carbons (Fsp3) is 0.867. The van der Waals surface area contributed by atoms with Crippen LogP contribution >= 0.6 is 0 Å². The Bertz CT molecular complexity index is 351. The number of hydrogen-bond acceptors (Lipinski definition) is 4. The number of amides is 1. The van der Waals surface area contributed by atoms with E-state index >= 15 is 0 Å². The van der Waals surface area contributed by atoms with Crippen LogP contribution in [0, 0.1) is 11.8 Å². The monoisotopic (exact) mass is 282 g/mol. The molecule has 0 aromatic heterocycles. The normalized spacial score (nSPS) is 34.5. The van der Waals surface area contributed by atoms with Crippen LogP contribution in [0.25, 0.3) is 0 Å². The molecule has 0 spiro atoms. The second-order valence-corrected chi connectivity index (χ2v) is 6.20. The van der Waals surface area contributed by atoms with Crippen molar-refractivity contribution in [2.75, 3.05) is 7.11 Å². The number of rotatable bonds is 4. The van der Waals surface area contributed by atoms with Crippen LogP contribution in [0.2, 0.25) is 0 Å². The predicted octanol–water partition coefficient (Wildman–Crippen LogP) is 1.35. The SMILES string of the molecule is COC(=O)C1CCC(NC2CCCC(C(N)=O)C2)CC1. The number of nitrogens with two attached hydrogens (primary N) is 1. The Hall–Kier alpha value is -1.10. The summed E-state index contributed by atoms with van der Waals surface area (Å²) in [5.41, 5.74) is 5.41. The van der Waals surface area contributed by atoms with Crippen LogP contribution in [0.1, 0.15) is 51.4 Å². The average molecular weight is 282 g/mol. The van der Waals surface area contributed by atoms with E-state index in [1.807, 2.05) is 0 Å². The molecule has 1 amide bonds. The minimum Gasteiger partial charge on any atom is -0.469 e. The van der Waals surface area contributed by atoms with Crippen molar-refractivity contribution in [2.24, 2.45) is 17.6 Å². The number of carbonyl (C=O) groups excluding carboxylic acids is 2. The van der Waals surface area contributed by atoms with Gasteiger partial charge in [-0.2, -0.15) is 0 Å². The Morgan fingerprint density at radius 2 is 1.70 bits per heavy atom. The third-order valence-corrected chi connectivity index (χ3v) is 4.81. The van der Waals surface area contributed by atoms with Crippen molar-refractivity contribution in [1.29, 1.82) is 0 Å². The molecule has 114 valence electrons. The van der Waals surface area contributed by atoms with Crippen molar-refractivity contribution in [3.63, 3.8) is 0 Å². The summed E-state index contributed by atoms with van der Waals surface area (Å²) in [7, 11) is 1.46. The maximum Gasteiger partial charge on any atom is 0.308 e. The fourth-order valence-corrected chi connectivity index (χ4v) is 3.60. The van der Waals surface area contributed by atoms with E-state index in [1.165, 1.54) is 7.11 Å². The van der Waals surface area contributed by atoms with Gasteiger partial charge in [0.15, 0.2) is 0 Å². The highest BCUT2D eigenvalue weighted by Gasteiger charge is 2.30. The molecule has 0 aliphatic heterocycles. The highest BCUT2D eigenvalue weighted by Crippen LogP contribution is 2.28. The van der Waals surface area contributed by atoms with E-state index in [1.54, 1.807) is 0 Å². The molecule has 3 N–H and O–H groups in total. The molecule has 0 aromatic carbocycles. The molecular weight excluding hydrogens is 256 g/mol. The molecule has 0 bridgehead atoms. The van der Waals surface area contributed by atoms with E-state index in [-0.39, 0.29) is 23.7 Å². The summed E-state index contributed by atoms with van der Waals surface area (Å²) < 4.78 is 4.80. The summed E-state index contributed by atoms with van der Waals surface area (Å²) in [4.78, 5) is 22.8. The Morgan fingerprint density at radius 1 is 1.00 bits per heavy atom. The van der Waals surface area contributed by atoms with Gasteiger partial charge in [-0.25, -0.2) is 0 Å². The molecule has 0 saturated heterocycles. The van der Waals surface area contributed by atoms with Crippen molar-refractivity contribution in [3.8, 4) is 0 Å². The van der Waals surface area contributed by atoms with Crippen LogP contribution in [0.3, 0.4) is 0 Å². The van der Waals surface area contributed by atoms with Crippen LogP contribution in [0.15, 0.2) is 0 Å². The van der Waals surface area contributed by atoms with Gasteiger partial charge in [0.05, 0.1) is 13.0 Å². The molecule has 2 fully saturated rings. The zero-order valence-electron chi connectivity index (χ0n) is 12.3. The maximum absolute atomic E-state index is 11.5. The number of carbonyl (C=O) groups is 2. The summed E-state index contributed by atoms with van der Waals surface area (Å²) in [6, 6.07) is 0.869. The van der Waals surface area contributed by atoms with Gasteiger partial charge in [-0.1, -0.05) is 6.42 Å². The van der Waals surface area contributed by atoms with E-state index < -0.39 is 0 Å². The highest BCUT2D eigenvalue weighted by molar-refractivity contribution is 5.76. The minimum atomic E-state index is -0.161. The second-order valence-electron chi connectivity index (χ2n) is 6.20. The van der Waals surface area contributed by atoms with Gasteiger partial charge >= 0.3 is 5.97 Å². The zero-order valence-corrected chi connectivity index (χ0v) is 12.3. The number of primary amides is 1. The third kappa shape index (κ3) is 3.95. The van der Waals surface area contributed by atoms with Gasteiger partial charge in [-0.3, -0.25) is 9.59 Å². The van der Waals surface area contributed by atoms with Crippen molar-refractivity contribution >= 4 is 11.9 Å². The van der Waals surface area contributed by atoms with E-state index in [9.17, 15) is 9.59 Å². The van der Waals surface area contributed by atoms with E-state index in [4.69, 9.17) is 10.5 Å². The van der Waals surface area contributed by atoms with Gasteiger partial charge in [-0.15, -0.1) is 0 Å². The van der Waals surface area contributed by atoms with E-state index in [2.05, 4.69) is 5.32 Å². The number of methoxy groups -OCH3 is 1. The zero-order chi connectivity index (χ0) is 14.5. The van der Waals surface area contributed by atoms with Gasteiger partial charge in [-0.05, 0) is 44.9 Å². The Kier molecular flexibility index (Phi) is 5.40. The topological polar surface area (TPSA) is 81.4 Å². The van der Waals surface area contributed by atoms with Gasteiger partial charge in [0.1, 0.15) is 0 Å². The summed E-state index contributed by atoms with van der Waals surface area (Å²) in [5.74, 6) is -0.128. The summed E-state index contributed by atoms with van der Waals surface area (Å²) >= 11 is 0. The quantitative estimate of drug-likeness (QED) is 0.763. The van der Waals surface area contributed by atoms with Gasteiger partial charge < -0.3 is 15.8 Å². The molecule has 0 aromatic rings. The van der Waals surface area contributed by atoms with E-state index in [0.29, 0.717) is 12.1 Å². The molecule has 0 heterocycles. The lowest BCUT2D eigenvalue weighted by atomic mass is 9.82. The molecular formula is C15H26N2O3. The number of esters is 1. The van der Waals surface area contributed by atoms with Gasteiger partial charge in [0.2, 0.25) is 5.91 Å². The second kappa shape index (κ2) is 7.07. The standard InChI is InChI=1S/C15H26N2O3/c1-20-15(19)10-5-7-12(8-6-10)17-13-4-2-3-11(9-13)14(16)18/h10-13,17H,2-9H2,1H3,(H2,16,18). The van der Waals surface area contributed by atoms with Crippen LogP contribution < -0.4 is 11.1 Å². The molecule has 20 heavy (non-hydrogen) atoms. The van der Waals surface area contributed by atoms with Crippen molar-refractivity contribution in [2.45, 2.75) is 63.5 Å². The Balaban J connectivity index is 1.75. The number of hydrogen-bond donors (Lipinski definition) is 2. The van der Waals surface area contributed by atoms with Crippen LogP contribution in [0.5, 0.6) is 0 Å². The van der Waals surface area contributed by atoms with Gasteiger partial charge in [0.25, 0.3) is 0 Å². The van der Waals surface area contributed by atoms with Gasteiger partial charge in [0, 0.05) is 18.0 Å². The number of ether oxygens (including phenoxy) is 1. The van der Waals surface area contributed by atoms with Crippen LogP contribution in [-0.4, -0.2) is 31.1 Å². The first kappa shape index (κ1) is 15.3. The predicted molar refractivity (Wildman–Crippen MR) is 75.8 cm³/mol. The lowest BCUT2D eigenvalue weighted by Gasteiger charge is -2.34. The lowest BCUT2D eigenvalue weighted by molar-refractivity contribution is -0.146. The first-order valence-electron chi connectivity index (χ1n) is 7.73. The number of nitrogens with one attached hydrogen (secondary N) is 1. The van der Waals surface area contributed by atoms with E-state index in [0.717, 1.165) is 51.4 Å². The van der Waals surface area contributed by atoms with Crippen LogP contribution in [-0.2, 0) is 14.3 Å². The molecule has 5 nitrogen and oxygen atoms in total. The summed E-state index contributed by atoms with van der Waals surface area (Å²) in [5, 5.41) is 3.66. The smallest absolute Gasteiger partial charge is 0.308 e. The third-order valence-electron chi connectivity index (χ3n) is 4.81. The fourth-order valence-electron chi connectivity index (χ4n) is 3.60. The largest absolute Gasteiger partial charge is 0.469 e. The molecule has 5 heteroatoms. The molecule has 2 aliphatic carbocycles. The van der Waals surface area contributed by atoms with Crippen molar-refractivity contribution in [1.82, 2.24) is 5.32 Å². The van der Waals surface area contributed by atoms with Crippen LogP contribution in [0.4, 0.5) is 0 Å². The first-order chi connectivity index (χ1) is 9.60. The van der Waals surface area contributed by atoms with Crippen molar-refractivity contribution in [3.05, 3.63) is 0 Å². The van der Waals surface area contributed by atoms with Crippen molar-refractivity contribution < 1.29 is 14.3 Å². The minimum absolute atomic E-state index is 0.0349. The summed E-state index contributed by atoms with van der Waals surface area (Å²) in [6.45, 7) is 0. The maximum atomic E-state index is 11.5. The first-order valence-corrected chi connectivity index (χ1v) is 7.73. The molecule has 2 atom stereocenters. The Morgan fingerprint density at radius 3 is 2.30 bits per heavy atom. The Labute approximate surface area is 120 Å². The molecule has 2 unspecified atom stereocenters. The molecule has 0 radical (unpaired) electrons. The molecule has 2 rings (SSSR count). The highest BCUT2D eigenvalue weighted by atomic mass is 16.5. The lowest BCUT2D eigenvalue weighted by Crippen LogP contribution is -2.45. The average Bonchev–Trinajstić information content (AvgIpc) is 2.47. The summed E-state index contributed by atoms with van der Waals surface area (Å²) in [6.07, 6.45) is 7.82. The molecule has 2 saturated carbocycles. The molecule has 2 aliphatic rings.